The molecule has 2 heterocycles. The van der Waals surface area contributed by atoms with Crippen LogP contribution in [0.3, 0.4) is 0 Å². The van der Waals surface area contributed by atoms with E-state index in [0.717, 1.165) is 11.1 Å². The molecule has 2 aromatic carbocycles. The number of rotatable bonds is 4. The Morgan fingerprint density at radius 2 is 1.39 bits per heavy atom. The molecule has 1 unspecified atom stereocenters. The number of imidazole rings is 1. The van der Waals surface area contributed by atoms with Gasteiger partial charge in [-0.25, -0.2) is 4.98 Å². The third kappa shape index (κ3) is 4.46. The molecule has 0 bridgehead atoms. The summed E-state index contributed by atoms with van der Waals surface area (Å²) < 4.78 is 15.2. The molecule has 0 radical (unpaired) electrons. The lowest BCUT2D eigenvalue weighted by atomic mass is 9.84. The van der Waals surface area contributed by atoms with E-state index in [-0.39, 0.29) is 16.9 Å². The van der Waals surface area contributed by atoms with Gasteiger partial charge in [0.1, 0.15) is 6.10 Å². The van der Waals surface area contributed by atoms with Gasteiger partial charge in [-0.05, 0) is 22.0 Å². The minimum absolute atomic E-state index is 0.0567. The van der Waals surface area contributed by atoms with Crippen molar-refractivity contribution in [2.24, 2.45) is 0 Å². The van der Waals surface area contributed by atoms with Gasteiger partial charge in [0, 0.05) is 23.5 Å². The highest BCUT2D eigenvalue weighted by molar-refractivity contribution is 5.39. The Balaban J connectivity index is 1.71. The molecule has 1 aromatic heterocycles. The molecule has 4 nitrogen and oxygen atoms in total. The quantitative estimate of drug-likeness (QED) is 0.538. The van der Waals surface area contributed by atoms with E-state index in [1.807, 2.05) is 17.1 Å². The minimum atomic E-state index is -0.905. The van der Waals surface area contributed by atoms with E-state index in [2.05, 4.69) is 95.1 Å². The van der Waals surface area contributed by atoms with Crippen molar-refractivity contribution in [2.75, 3.05) is 6.61 Å². The van der Waals surface area contributed by atoms with Crippen molar-refractivity contribution in [1.82, 2.24) is 9.55 Å². The smallest absolute Gasteiger partial charge is 0.222 e. The van der Waals surface area contributed by atoms with Gasteiger partial charge in [0.25, 0.3) is 0 Å². The Labute approximate surface area is 186 Å². The average Bonchev–Trinajstić information content (AvgIpc) is 3.38. The number of hydrogen-bond acceptors (Lipinski definition) is 3. The molecule has 4 rings (SSSR count). The molecule has 164 valence electrons. The summed E-state index contributed by atoms with van der Waals surface area (Å²) in [5, 5.41) is 0. The standard InChI is InChI=1S/C27H34N2O2/c1-25(2,3)20-7-11-22(12-8-20)27(23-13-9-21(10-14-23)26(4,5)6)30-18-24(31-27)17-29-16-15-28-19-29/h7-16,19,24H,17-18H2,1-6H3. The van der Waals surface area contributed by atoms with Crippen molar-refractivity contribution in [3.63, 3.8) is 0 Å². The zero-order valence-corrected chi connectivity index (χ0v) is 19.6. The first kappa shape index (κ1) is 21.8. The van der Waals surface area contributed by atoms with Gasteiger partial charge in [0.2, 0.25) is 5.79 Å². The van der Waals surface area contributed by atoms with E-state index in [0.29, 0.717) is 13.2 Å². The van der Waals surface area contributed by atoms with Crippen LogP contribution in [-0.4, -0.2) is 22.3 Å². The summed E-state index contributed by atoms with van der Waals surface area (Å²) in [4.78, 5) is 4.15. The zero-order chi connectivity index (χ0) is 22.3. The van der Waals surface area contributed by atoms with E-state index in [1.54, 1.807) is 6.20 Å². The van der Waals surface area contributed by atoms with Gasteiger partial charge in [-0.2, -0.15) is 0 Å². The van der Waals surface area contributed by atoms with E-state index >= 15 is 0 Å². The van der Waals surface area contributed by atoms with E-state index < -0.39 is 5.79 Å². The lowest BCUT2D eigenvalue weighted by molar-refractivity contribution is -0.144. The largest absolute Gasteiger partial charge is 0.339 e. The summed E-state index contributed by atoms with van der Waals surface area (Å²) in [6.45, 7) is 14.6. The zero-order valence-electron chi connectivity index (χ0n) is 19.6. The van der Waals surface area contributed by atoms with Gasteiger partial charge in [0.05, 0.1) is 19.5 Å². The molecule has 3 aromatic rings. The fourth-order valence-corrected chi connectivity index (χ4v) is 4.08. The summed E-state index contributed by atoms with van der Waals surface area (Å²) in [7, 11) is 0. The first-order valence-corrected chi connectivity index (χ1v) is 11.1. The number of nitrogens with zero attached hydrogens (tertiary/aromatic N) is 2. The van der Waals surface area contributed by atoms with Crippen molar-refractivity contribution in [3.05, 3.63) is 89.5 Å². The van der Waals surface area contributed by atoms with Gasteiger partial charge in [-0.15, -0.1) is 0 Å². The summed E-state index contributed by atoms with van der Waals surface area (Å²) in [6.07, 6.45) is 5.51. The summed E-state index contributed by atoms with van der Waals surface area (Å²) in [6, 6.07) is 17.4. The summed E-state index contributed by atoms with van der Waals surface area (Å²) in [5.74, 6) is -0.905. The predicted molar refractivity (Wildman–Crippen MR) is 124 cm³/mol. The van der Waals surface area contributed by atoms with Crippen molar-refractivity contribution >= 4 is 0 Å². The molecule has 4 heteroatoms. The molecule has 1 aliphatic heterocycles. The lowest BCUT2D eigenvalue weighted by Crippen LogP contribution is -2.31. The highest BCUT2D eigenvalue weighted by atomic mass is 16.7. The summed E-state index contributed by atoms with van der Waals surface area (Å²) >= 11 is 0. The molecule has 31 heavy (non-hydrogen) atoms. The molecule has 1 aliphatic rings. The maximum atomic E-state index is 6.67. The molecule has 1 atom stereocenters. The third-order valence-corrected chi connectivity index (χ3v) is 6.04. The van der Waals surface area contributed by atoms with Crippen molar-refractivity contribution in [1.29, 1.82) is 0 Å². The Kier molecular flexibility index (Phi) is 5.57. The maximum Gasteiger partial charge on any atom is 0.222 e. The van der Waals surface area contributed by atoms with Crippen LogP contribution in [0, 0.1) is 0 Å². The fraction of sp³-hybridized carbons (Fsp3) is 0.444. The van der Waals surface area contributed by atoms with Crippen LogP contribution >= 0.6 is 0 Å². The topological polar surface area (TPSA) is 36.3 Å². The van der Waals surface area contributed by atoms with Crippen LogP contribution < -0.4 is 0 Å². The molecule has 0 N–H and O–H groups in total. The van der Waals surface area contributed by atoms with Crippen molar-refractivity contribution in [3.8, 4) is 0 Å². The second kappa shape index (κ2) is 7.92. The Morgan fingerprint density at radius 3 is 1.81 bits per heavy atom. The Hall–Kier alpha value is -2.43. The van der Waals surface area contributed by atoms with Crippen LogP contribution in [-0.2, 0) is 32.6 Å². The normalized spacial score (nSPS) is 19.0. The second-order valence-electron chi connectivity index (χ2n) is 10.6. The van der Waals surface area contributed by atoms with Crippen molar-refractivity contribution in [2.45, 2.75) is 70.8 Å². The fourth-order valence-electron chi connectivity index (χ4n) is 4.08. The van der Waals surface area contributed by atoms with E-state index in [4.69, 9.17) is 9.47 Å². The van der Waals surface area contributed by atoms with Crippen molar-refractivity contribution < 1.29 is 9.47 Å². The molecule has 0 amide bonds. The first-order chi connectivity index (χ1) is 14.6. The van der Waals surface area contributed by atoms with Crippen LogP contribution in [0.4, 0.5) is 0 Å². The monoisotopic (exact) mass is 418 g/mol. The van der Waals surface area contributed by atoms with E-state index in [1.165, 1.54) is 11.1 Å². The van der Waals surface area contributed by atoms with E-state index in [9.17, 15) is 0 Å². The minimum Gasteiger partial charge on any atom is -0.339 e. The molecule has 1 fully saturated rings. The number of ether oxygens (including phenoxy) is 2. The van der Waals surface area contributed by atoms with Crippen LogP contribution in [0.1, 0.15) is 63.8 Å². The highest BCUT2D eigenvalue weighted by Crippen LogP contribution is 2.42. The second-order valence-corrected chi connectivity index (χ2v) is 10.6. The Bertz CT molecular complexity index is 934. The molecular formula is C27H34N2O2. The molecular weight excluding hydrogens is 384 g/mol. The third-order valence-electron chi connectivity index (χ3n) is 6.04. The molecule has 0 spiro atoms. The lowest BCUT2D eigenvalue weighted by Gasteiger charge is -2.31. The van der Waals surface area contributed by atoms with Gasteiger partial charge in [-0.3, -0.25) is 0 Å². The highest BCUT2D eigenvalue weighted by Gasteiger charge is 2.45. The van der Waals surface area contributed by atoms with Crippen LogP contribution in [0.5, 0.6) is 0 Å². The van der Waals surface area contributed by atoms with Crippen LogP contribution in [0.2, 0.25) is 0 Å². The first-order valence-electron chi connectivity index (χ1n) is 11.1. The predicted octanol–water partition coefficient (Wildman–Crippen LogP) is 5.79. The molecule has 0 saturated carbocycles. The average molecular weight is 419 g/mol. The SMILES string of the molecule is CC(C)(C)c1ccc(C2(c3ccc(C(C)(C)C)cc3)OCC(Cn3ccnc3)O2)cc1. The van der Waals surface area contributed by atoms with Crippen LogP contribution in [0.15, 0.2) is 67.3 Å². The number of benzene rings is 2. The van der Waals surface area contributed by atoms with Gasteiger partial charge >= 0.3 is 0 Å². The number of aromatic nitrogens is 2. The summed E-state index contributed by atoms with van der Waals surface area (Å²) in [5.41, 5.74) is 4.84. The van der Waals surface area contributed by atoms with Crippen LogP contribution in [0.25, 0.3) is 0 Å². The molecule has 1 saturated heterocycles. The Morgan fingerprint density at radius 1 is 0.871 bits per heavy atom. The molecule has 0 aliphatic carbocycles. The van der Waals surface area contributed by atoms with Gasteiger partial charge in [0.15, 0.2) is 0 Å². The maximum absolute atomic E-state index is 6.67. The van der Waals surface area contributed by atoms with Gasteiger partial charge < -0.3 is 14.0 Å². The number of hydrogen-bond donors (Lipinski definition) is 0. The van der Waals surface area contributed by atoms with Gasteiger partial charge in [-0.1, -0.05) is 90.1 Å².